The Balaban J connectivity index is 4.22. The smallest absolute Gasteiger partial charge is 0.472 e. The molecule has 0 saturated heterocycles. The van der Waals surface area contributed by atoms with Crippen LogP contribution in [0.2, 0.25) is 0 Å². The Morgan fingerprint density at radius 2 is 1.06 bits per heavy atom. The number of phosphoric acid groups is 1. The summed E-state index contributed by atoms with van der Waals surface area (Å²) >= 11 is 0. The van der Waals surface area contributed by atoms with Crippen LogP contribution < -0.4 is 5.73 Å². The van der Waals surface area contributed by atoms with Gasteiger partial charge in [-0.3, -0.25) is 18.6 Å². The lowest BCUT2D eigenvalue weighted by atomic mass is 10.1. The highest BCUT2D eigenvalue weighted by atomic mass is 31.2. The van der Waals surface area contributed by atoms with Crippen LogP contribution in [0.5, 0.6) is 0 Å². The summed E-state index contributed by atoms with van der Waals surface area (Å²) in [5.41, 5.74) is 5.34. The Kier molecular flexibility index (Phi) is 36.2. The van der Waals surface area contributed by atoms with Crippen LogP contribution in [-0.2, 0) is 32.7 Å². The van der Waals surface area contributed by atoms with E-state index in [1.165, 1.54) is 77.0 Å². The van der Waals surface area contributed by atoms with Crippen LogP contribution in [-0.4, -0.2) is 60.5 Å². The fourth-order valence-corrected chi connectivity index (χ4v) is 6.21. The summed E-state index contributed by atoms with van der Waals surface area (Å²) in [5, 5.41) is 8.86. The molecule has 10 nitrogen and oxygen atoms in total. The molecule has 3 unspecified atom stereocenters. The van der Waals surface area contributed by atoms with Gasteiger partial charge in [-0.15, -0.1) is 0 Å². The Labute approximate surface area is 317 Å². The first-order valence-electron chi connectivity index (χ1n) is 20.5. The molecule has 0 fully saturated rings. The van der Waals surface area contributed by atoms with Crippen LogP contribution in [0.4, 0.5) is 0 Å². The molecule has 0 bridgehead atoms. The van der Waals surface area contributed by atoms with Crippen molar-refractivity contribution in [1.29, 1.82) is 0 Å². The number of esters is 1. The van der Waals surface area contributed by atoms with Crippen LogP contribution in [0, 0.1) is 0 Å². The highest BCUT2D eigenvalue weighted by Gasteiger charge is 2.27. The van der Waals surface area contributed by atoms with Gasteiger partial charge in [-0.05, 0) is 51.4 Å². The van der Waals surface area contributed by atoms with Gasteiger partial charge in [0, 0.05) is 13.0 Å². The van der Waals surface area contributed by atoms with Crippen molar-refractivity contribution in [2.45, 2.75) is 187 Å². The maximum atomic E-state index is 12.6. The predicted molar refractivity (Wildman–Crippen MR) is 212 cm³/mol. The van der Waals surface area contributed by atoms with Crippen molar-refractivity contribution in [3.05, 3.63) is 36.5 Å². The van der Waals surface area contributed by atoms with E-state index < -0.39 is 45.1 Å². The first-order chi connectivity index (χ1) is 25.2. The van der Waals surface area contributed by atoms with Gasteiger partial charge in [0.1, 0.15) is 12.1 Å². The highest BCUT2D eigenvalue weighted by molar-refractivity contribution is 7.47. The third kappa shape index (κ3) is 36.5. The number of ether oxygens (including phenoxy) is 2. The monoisotopic (exact) mass is 758 g/mol. The molecule has 0 aromatic carbocycles. The summed E-state index contributed by atoms with van der Waals surface area (Å²) in [5.74, 6) is -1.79. The van der Waals surface area contributed by atoms with Crippen molar-refractivity contribution >= 4 is 19.8 Å². The van der Waals surface area contributed by atoms with Crippen molar-refractivity contribution in [3.8, 4) is 0 Å². The Bertz CT molecular complexity index is 972. The van der Waals surface area contributed by atoms with Gasteiger partial charge < -0.3 is 25.2 Å². The number of carbonyl (C=O) groups excluding carboxylic acids is 1. The zero-order chi connectivity index (χ0) is 38.4. The molecular formula is C41H76NO9P. The minimum atomic E-state index is -4.61. The summed E-state index contributed by atoms with van der Waals surface area (Å²) in [6.45, 7) is 3.83. The SMILES string of the molecule is CCCCCCC/C=C\C/C=C\C/C=C\CCCCCCCCC(=O)OC(COCCCCCCCCCCC)COP(=O)(O)OCC(N)C(=O)O. The number of carboxylic acids is 1. The molecule has 0 saturated carbocycles. The Morgan fingerprint density at radius 1 is 0.615 bits per heavy atom. The third-order valence-electron chi connectivity index (χ3n) is 8.67. The summed E-state index contributed by atoms with van der Waals surface area (Å²) < 4.78 is 33.2. The number of hydrogen-bond acceptors (Lipinski definition) is 8. The highest BCUT2D eigenvalue weighted by Crippen LogP contribution is 2.43. The molecule has 0 spiro atoms. The minimum Gasteiger partial charge on any atom is -0.480 e. The van der Waals surface area contributed by atoms with Gasteiger partial charge in [-0.1, -0.05) is 153 Å². The van der Waals surface area contributed by atoms with Crippen LogP contribution >= 0.6 is 7.82 Å². The van der Waals surface area contributed by atoms with Crippen molar-refractivity contribution in [1.82, 2.24) is 0 Å². The van der Waals surface area contributed by atoms with Gasteiger partial charge >= 0.3 is 19.8 Å². The molecule has 0 aliphatic carbocycles. The number of nitrogens with two attached hydrogens (primary N) is 1. The fraction of sp³-hybridized carbons (Fsp3) is 0.805. The lowest BCUT2D eigenvalue weighted by molar-refractivity contribution is -0.154. The average Bonchev–Trinajstić information content (AvgIpc) is 3.12. The Morgan fingerprint density at radius 3 is 1.58 bits per heavy atom. The first-order valence-corrected chi connectivity index (χ1v) is 22.0. The minimum absolute atomic E-state index is 0.0127. The summed E-state index contributed by atoms with van der Waals surface area (Å²) in [4.78, 5) is 33.4. The Hall–Kier alpha value is -1.81. The summed E-state index contributed by atoms with van der Waals surface area (Å²) in [6, 6.07) is -1.47. The van der Waals surface area contributed by atoms with E-state index in [0.717, 1.165) is 70.6 Å². The number of unbranched alkanes of at least 4 members (excludes halogenated alkanes) is 19. The van der Waals surface area contributed by atoms with E-state index in [1.54, 1.807) is 0 Å². The zero-order valence-electron chi connectivity index (χ0n) is 32.9. The summed E-state index contributed by atoms with van der Waals surface area (Å²) in [7, 11) is -4.61. The van der Waals surface area contributed by atoms with E-state index in [4.69, 9.17) is 24.8 Å². The standard InChI is InChI=1S/C41H76NO9P/c1-3-5-7-9-11-13-14-15-16-17-18-19-20-21-22-23-24-25-27-29-31-33-40(43)51-38(36-49-52(46,47)50-37-39(42)41(44)45)35-48-34-32-30-28-26-12-10-8-6-4-2/h14-15,17-18,20-21,38-39H,3-13,16,19,22-37,42H2,1-2H3,(H,44,45)(H,46,47)/b15-14-,18-17-,21-20-. The van der Waals surface area contributed by atoms with Gasteiger partial charge in [0.25, 0.3) is 0 Å². The molecule has 0 rings (SSSR count). The van der Waals surface area contributed by atoms with Gasteiger partial charge in [0.05, 0.1) is 19.8 Å². The molecule has 0 aromatic heterocycles. The molecule has 11 heteroatoms. The van der Waals surface area contributed by atoms with Crippen LogP contribution in [0.3, 0.4) is 0 Å². The molecule has 0 heterocycles. The molecule has 3 atom stereocenters. The van der Waals surface area contributed by atoms with Crippen molar-refractivity contribution in [2.24, 2.45) is 5.73 Å². The lowest BCUT2D eigenvalue weighted by Gasteiger charge is -2.20. The quantitative estimate of drug-likeness (QED) is 0.0239. The van der Waals surface area contributed by atoms with Crippen molar-refractivity contribution in [3.63, 3.8) is 0 Å². The summed E-state index contributed by atoms with van der Waals surface area (Å²) in [6.07, 6.45) is 40.6. The van der Waals surface area contributed by atoms with E-state index in [1.807, 2.05) is 0 Å². The number of rotatable bonds is 39. The molecule has 0 aliphatic rings. The van der Waals surface area contributed by atoms with Gasteiger partial charge in [0.2, 0.25) is 0 Å². The number of aliphatic carboxylic acids is 1. The maximum Gasteiger partial charge on any atom is 0.472 e. The fourth-order valence-electron chi connectivity index (χ4n) is 5.43. The second kappa shape index (κ2) is 37.5. The zero-order valence-corrected chi connectivity index (χ0v) is 33.8. The molecule has 0 aromatic rings. The van der Waals surface area contributed by atoms with Gasteiger partial charge in [-0.25, -0.2) is 4.57 Å². The second-order valence-corrected chi connectivity index (χ2v) is 15.2. The first kappa shape index (κ1) is 50.2. The average molecular weight is 758 g/mol. The molecule has 4 N–H and O–H groups in total. The van der Waals surface area contributed by atoms with Crippen molar-refractivity contribution < 1.29 is 42.7 Å². The van der Waals surface area contributed by atoms with Crippen LogP contribution in [0.1, 0.15) is 174 Å². The number of carbonyl (C=O) groups is 2. The number of hydrogen-bond donors (Lipinski definition) is 3. The third-order valence-corrected chi connectivity index (χ3v) is 9.62. The number of carboxylic acid groups (broad SMARTS) is 1. The molecule has 52 heavy (non-hydrogen) atoms. The molecular weight excluding hydrogens is 681 g/mol. The molecule has 0 radical (unpaired) electrons. The molecule has 304 valence electrons. The number of allylic oxidation sites excluding steroid dienone is 6. The lowest BCUT2D eigenvalue weighted by Crippen LogP contribution is -2.34. The van der Waals surface area contributed by atoms with Gasteiger partial charge in [-0.2, -0.15) is 0 Å². The van der Waals surface area contributed by atoms with Crippen LogP contribution in [0.15, 0.2) is 36.5 Å². The van der Waals surface area contributed by atoms with E-state index in [-0.39, 0.29) is 13.0 Å². The largest absolute Gasteiger partial charge is 0.480 e. The van der Waals surface area contributed by atoms with Crippen molar-refractivity contribution in [2.75, 3.05) is 26.4 Å². The van der Waals surface area contributed by atoms with E-state index in [2.05, 4.69) is 54.8 Å². The van der Waals surface area contributed by atoms with Crippen LogP contribution in [0.25, 0.3) is 0 Å². The predicted octanol–water partition coefficient (Wildman–Crippen LogP) is 10.9. The molecule has 0 aliphatic heterocycles. The van der Waals surface area contributed by atoms with E-state index in [0.29, 0.717) is 13.0 Å². The van der Waals surface area contributed by atoms with Gasteiger partial charge in [0.15, 0.2) is 0 Å². The van der Waals surface area contributed by atoms with E-state index >= 15 is 0 Å². The second-order valence-electron chi connectivity index (χ2n) is 13.8. The molecule has 0 amide bonds. The maximum absolute atomic E-state index is 12.6. The van der Waals surface area contributed by atoms with E-state index in [9.17, 15) is 19.0 Å². The topological polar surface area (TPSA) is 155 Å². The normalized spacial score (nSPS) is 14.4. The number of phosphoric ester groups is 1.